The van der Waals surface area contributed by atoms with Crippen LogP contribution in [0.5, 0.6) is 0 Å². The molecule has 0 aromatic carbocycles. The van der Waals surface area contributed by atoms with Crippen LogP contribution in [0.1, 0.15) is 24.6 Å². The number of nitrogens with zero attached hydrogens (tertiary/aromatic N) is 2. The Morgan fingerprint density at radius 1 is 1.57 bits per heavy atom. The zero-order valence-corrected chi connectivity index (χ0v) is 9.63. The minimum atomic E-state index is 0.286. The van der Waals surface area contributed by atoms with Gasteiger partial charge in [-0.3, -0.25) is 4.90 Å². The lowest BCUT2D eigenvalue weighted by molar-refractivity contribution is 0.246. The number of imidazole rings is 1. The van der Waals surface area contributed by atoms with Crippen molar-refractivity contribution in [3.63, 3.8) is 0 Å². The van der Waals surface area contributed by atoms with E-state index in [0.717, 1.165) is 23.4 Å². The fourth-order valence-corrected chi connectivity index (χ4v) is 2.51. The van der Waals surface area contributed by atoms with Gasteiger partial charge in [0.05, 0.1) is 18.1 Å². The lowest BCUT2D eigenvalue weighted by Gasteiger charge is -2.25. The van der Waals surface area contributed by atoms with E-state index in [2.05, 4.69) is 30.8 Å². The largest absolute Gasteiger partial charge is 0.346 e. The van der Waals surface area contributed by atoms with E-state index in [1.165, 1.54) is 12.8 Å². The number of hydrogen-bond donors (Lipinski definition) is 2. The fraction of sp³-hybridized carbons (Fsp3) is 0.667. The van der Waals surface area contributed by atoms with Gasteiger partial charge < -0.3 is 10.7 Å². The topological polar surface area (TPSA) is 57.9 Å². The molecule has 3 N–H and O–H groups in total. The highest BCUT2D eigenvalue weighted by atomic mass is 79.9. The lowest BCUT2D eigenvalue weighted by Crippen LogP contribution is -2.31. The molecule has 1 atom stereocenters. The predicted molar refractivity (Wildman–Crippen MR) is 58.9 cm³/mol. The van der Waals surface area contributed by atoms with Crippen LogP contribution in [-0.4, -0.2) is 34.5 Å². The van der Waals surface area contributed by atoms with E-state index in [1.54, 1.807) is 6.33 Å². The highest BCUT2D eigenvalue weighted by molar-refractivity contribution is 9.10. The van der Waals surface area contributed by atoms with Crippen LogP contribution in [0.2, 0.25) is 0 Å². The first-order chi connectivity index (χ1) is 6.83. The van der Waals surface area contributed by atoms with Crippen molar-refractivity contribution < 1.29 is 0 Å². The highest BCUT2D eigenvalue weighted by Crippen LogP contribution is 2.26. The third kappa shape index (κ3) is 1.85. The molecule has 1 aromatic heterocycles. The van der Waals surface area contributed by atoms with Crippen molar-refractivity contribution >= 4 is 15.9 Å². The second-order valence-corrected chi connectivity index (χ2v) is 4.35. The van der Waals surface area contributed by atoms with E-state index < -0.39 is 0 Å². The number of nitrogens with two attached hydrogens (primary N) is 1. The number of aromatic amines is 1. The molecule has 2 heterocycles. The van der Waals surface area contributed by atoms with Crippen molar-refractivity contribution in [3.8, 4) is 0 Å². The third-order valence-electron chi connectivity index (χ3n) is 2.76. The van der Waals surface area contributed by atoms with E-state index in [9.17, 15) is 0 Å². The van der Waals surface area contributed by atoms with Gasteiger partial charge in [-0.05, 0) is 41.9 Å². The molecule has 1 aromatic rings. The smallest absolute Gasteiger partial charge is 0.128 e. The van der Waals surface area contributed by atoms with Crippen LogP contribution in [0.25, 0.3) is 0 Å². The maximum Gasteiger partial charge on any atom is 0.128 e. The summed E-state index contributed by atoms with van der Waals surface area (Å²) in [6, 6.07) is 0.286. The molecule has 1 saturated heterocycles. The summed E-state index contributed by atoms with van der Waals surface area (Å²) in [7, 11) is 0. The van der Waals surface area contributed by atoms with E-state index >= 15 is 0 Å². The van der Waals surface area contributed by atoms with Crippen molar-refractivity contribution in [3.05, 3.63) is 16.6 Å². The Balaban J connectivity index is 2.16. The van der Waals surface area contributed by atoms with Gasteiger partial charge in [-0.1, -0.05) is 0 Å². The maximum absolute atomic E-state index is 5.80. The fourth-order valence-electron chi connectivity index (χ4n) is 2.02. The van der Waals surface area contributed by atoms with E-state index in [0.29, 0.717) is 6.54 Å². The zero-order chi connectivity index (χ0) is 9.97. The highest BCUT2D eigenvalue weighted by Gasteiger charge is 2.24. The Bertz CT molecular complexity index is 293. The summed E-state index contributed by atoms with van der Waals surface area (Å²) in [5.41, 5.74) is 6.91. The Morgan fingerprint density at radius 2 is 2.29 bits per heavy atom. The standard InChI is InChI=1S/C9H15BrN4/c10-9-8(12-6-13-9)7(5-11)14-3-1-2-4-14/h6-7H,1-5,11H2,(H,12,13). The monoisotopic (exact) mass is 258 g/mol. The molecule has 1 aliphatic rings. The third-order valence-corrected chi connectivity index (χ3v) is 3.39. The minimum absolute atomic E-state index is 0.286. The summed E-state index contributed by atoms with van der Waals surface area (Å²) in [6.07, 6.45) is 4.27. The molecule has 5 heteroatoms. The summed E-state index contributed by atoms with van der Waals surface area (Å²) >= 11 is 3.43. The average molecular weight is 259 g/mol. The average Bonchev–Trinajstić information content (AvgIpc) is 2.80. The van der Waals surface area contributed by atoms with Crippen molar-refractivity contribution in [1.82, 2.24) is 14.9 Å². The van der Waals surface area contributed by atoms with Crippen LogP contribution in [0.15, 0.2) is 10.9 Å². The number of H-pyrrole nitrogens is 1. The number of aromatic nitrogens is 2. The van der Waals surface area contributed by atoms with Gasteiger partial charge in [-0.25, -0.2) is 4.98 Å². The second-order valence-electron chi connectivity index (χ2n) is 3.60. The van der Waals surface area contributed by atoms with Crippen LogP contribution < -0.4 is 5.73 Å². The van der Waals surface area contributed by atoms with Gasteiger partial charge in [0.25, 0.3) is 0 Å². The van der Waals surface area contributed by atoms with Crippen LogP contribution in [0.3, 0.4) is 0 Å². The Labute approximate surface area is 92.0 Å². The van der Waals surface area contributed by atoms with Crippen LogP contribution in [-0.2, 0) is 0 Å². The van der Waals surface area contributed by atoms with Crippen LogP contribution in [0, 0.1) is 0 Å². The van der Waals surface area contributed by atoms with Crippen LogP contribution >= 0.6 is 15.9 Å². The summed E-state index contributed by atoms with van der Waals surface area (Å²) in [5.74, 6) is 0. The first-order valence-electron chi connectivity index (χ1n) is 4.96. The van der Waals surface area contributed by atoms with Crippen molar-refractivity contribution in [1.29, 1.82) is 0 Å². The Hall–Kier alpha value is -0.390. The van der Waals surface area contributed by atoms with Gasteiger partial charge in [0.2, 0.25) is 0 Å². The number of halogens is 1. The number of hydrogen-bond acceptors (Lipinski definition) is 3. The molecular formula is C9H15BrN4. The molecular weight excluding hydrogens is 244 g/mol. The number of nitrogens with one attached hydrogen (secondary N) is 1. The molecule has 0 saturated carbocycles. The van der Waals surface area contributed by atoms with E-state index in [-0.39, 0.29) is 6.04 Å². The van der Waals surface area contributed by atoms with Gasteiger partial charge in [-0.15, -0.1) is 0 Å². The van der Waals surface area contributed by atoms with Gasteiger partial charge in [0, 0.05) is 6.54 Å². The van der Waals surface area contributed by atoms with E-state index in [1.807, 2.05) is 0 Å². The summed E-state index contributed by atoms with van der Waals surface area (Å²) in [5, 5.41) is 0. The predicted octanol–water partition coefficient (Wildman–Crippen LogP) is 1.27. The first kappa shape index (κ1) is 10.1. The van der Waals surface area contributed by atoms with Crippen molar-refractivity contribution in [2.75, 3.05) is 19.6 Å². The molecule has 0 radical (unpaired) electrons. The molecule has 2 rings (SSSR count). The molecule has 4 nitrogen and oxygen atoms in total. The van der Waals surface area contributed by atoms with Gasteiger partial charge in [0.1, 0.15) is 4.60 Å². The molecule has 0 amide bonds. The molecule has 0 bridgehead atoms. The molecule has 0 aliphatic carbocycles. The normalized spacial score (nSPS) is 20.1. The maximum atomic E-state index is 5.80. The van der Waals surface area contributed by atoms with Gasteiger partial charge in [-0.2, -0.15) is 0 Å². The van der Waals surface area contributed by atoms with Crippen LogP contribution in [0.4, 0.5) is 0 Å². The number of likely N-dealkylation sites (tertiary alicyclic amines) is 1. The molecule has 1 unspecified atom stereocenters. The summed E-state index contributed by atoms with van der Waals surface area (Å²) in [4.78, 5) is 9.70. The molecule has 0 spiro atoms. The van der Waals surface area contributed by atoms with Crippen molar-refractivity contribution in [2.45, 2.75) is 18.9 Å². The summed E-state index contributed by atoms with van der Waals surface area (Å²) < 4.78 is 0.889. The minimum Gasteiger partial charge on any atom is -0.346 e. The lowest BCUT2D eigenvalue weighted by atomic mass is 10.2. The SMILES string of the molecule is NCC(c1[nH]cnc1Br)N1CCCC1. The molecule has 14 heavy (non-hydrogen) atoms. The Kier molecular flexibility index (Phi) is 3.20. The zero-order valence-electron chi connectivity index (χ0n) is 8.04. The van der Waals surface area contributed by atoms with E-state index in [4.69, 9.17) is 5.73 Å². The van der Waals surface area contributed by atoms with Gasteiger partial charge >= 0.3 is 0 Å². The number of rotatable bonds is 3. The second kappa shape index (κ2) is 4.42. The van der Waals surface area contributed by atoms with Crippen molar-refractivity contribution in [2.24, 2.45) is 5.73 Å². The quantitative estimate of drug-likeness (QED) is 0.859. The molecule has 78 valence electrons. The Morgan fingerprint density at radius 3 is 2.79 bits per heavy atom. The molecule has 1 aliphatic heterocycles. The summed E-state index contributed by atoms with van der Waals surface area (Å²) in [6.45, 7) is 2.93. The molecule has 1 fully saturated rings. The first-order valence-corrected chi connectivity index (χ1v) is 5.75. The van der Waals surface area contributed by atoms with Gasteiger partial charge in [0.15, 0.2) is 0 Å².